The fourth-order valence-electron chi connectivity index (χ4n) is 2.41. The number of nitrogens with one attached hydrogen (secondary N) is 1. The van der Waals surface area contributed by atoms with Crippen molar-refractivity contribution in [1.29, 1.82) is 0 Å². The van der Waals surface area contributed by atoms with Crippen molar-refractivity contribution in [3.63, 3.8) is 0 Å². The molecule has 29 heavy (non-hydrogen) atoms. The lowest BCUT2D eigenvalue weighted by Gasteiger charge is -2.02. The summed E-state index contributed by atoms with van der Waals surface area (Å²) in [6.07, 6.45) is 0. The van der Waals surface area contributed by atoms with Crippen LogP contribution in [0.5, 0.6) is 0 Å². The zero-order chi connectivity index (χ0) is 20.4. The molecule has 0 saturated heterocycles. The Balaban J connectivity index is 1.38. The van der Waals surface area contributed by atoms with E-state index in [4.69, 9.17) is 0 Å². The Morgan fingerprint density at radius 1 is 1.28 bits per heavy atom. The van der Waals surface area contributed by atoms with Gasteiger partial charge in [-0.3, -0.25) is 10.1 Å². The van der Waals surface area contributed by atoms with Gasteiger partial charge >= 0.3 is 0 Å². The third-order valence-electron chi connectivity index (χ3n) is 3.69. The Kier molecular flexibility index (Phi) is 6.04. The number of halogens is 2. The molecular formula is C17H12BrFN6OS3. The third kappa shape index (κ3) is 4.71. The molecule has 1 N–H and O–H groups in total. The van der Waals surface area contributed by atoms with E-state index in [-0.39, 0.29) is 17.5 Å². The summed E-state index contributed by atoms with van der Waals surface area (Å²) in [6, 6.07) is 8.39. The minimum absolute atomic E-state index is 0.150. The van der Waals surface area contributed by atoms with Crippen LogP contribution in [0, 0.1) is 5.82 Å². The second-order valence-corrected chi connectivity index (χ2v) is 9.53. The van der Waals surface area contributed by atoms with Gasteiger partial charge in [-0.15, -0.1) is 31.7 Å². The van der Waals surface area contributed by atoms with E-state index < -0.39 is 0 Å². The largest absolute Gasteiger partial charge is 0.304 e. The van der Waals surface area contributed by atoms with E-state index in [9.17, 15) is 9.18 Å². The van der Waals surface area contributed by atoms with Crippen LogP contribution in [0.15, 0.2) is 45.3 Å². The molecule has 12 heteroatoms. The average Bonchev–Trinajstić information content (AvgIpc) is 3.40. The lowest BCUT2D eigenvalue weighted by molar-refractivity contribution is -0.113. The summed E-state index contributed by atoms with van der Waals surface area (Å²) in [4.78, 5) is 13.3. The average molecular weight is 511 g/mol. The molecule has 0 unspecified atom stereocenters. The molecule has 1 amide bonds. The van der Waals surface area contributed by atoms with Crippen LogP contribution in [0.25, 0.3) is 21.3 Å². The molecule has 3 aromatic heterocycles. The van der Waals surface area contributed by atoms with Gasteiger partial charge < -0.3 is 4.57 Å². The fourth-order valence-corrected chi connectivity index (χ4v) is 5.08. The van der Waals surface area contributed by atoms with Gasteiger partial charge in [0.25, 0.3) is 0 Å². The van der Waals surface area contributed by atoms with Crippen molar-refractivity contribution < 1.29 is 9.18 Å². The first-order valence-electron chi connectivity index (χ1n) is 8.15. The van der Waals surface area contributed by atoms with Crippen LogP contribution in [0.3, 0.4) is 0 Å². The highest BCUT2D eigenvalue weighted by molar-refractivity contribution is 9.10. The third-order valence-corrected chi connectivity index (χ3v) is 6.92. The number of aromatic nitrogens is 5. The summed E-state index contributed by atoms with van der Waals surface area (Å²) in [5.74, 6) is 0.297. The number of hydrogen-bond donors (Lipinski definition) is 1. The predicted octanol–water partition coefficient (Wildman–Crippen LogP) is 4.69. The van der Waals surface area contributed by atoms with E-state index in [1.807, 2.05) is 29.1 Å². The van der Waals surface area contributed by atoms with Crippen molar-refractivity contribution >= 4 is 61.4 Å². The van der Waals surface area contributed by atoms with Crippen molar-refractivity contribution in [3.8, 4) is 21.3 Å². The Morgan fingerprint density at radius 3 is 2.90 bits per heavy atom. The molecule has 0 radical (unpaired) electrons. The molecule has 148 valence electrons. The van der Waals surface area contributed by atoms with Crippen LogP contribution >= 0.6 is 50.4 Å². The molecule has 0 bridgehead atoms. The number of amides is 1. The molecule has 0 saturated carbocycles. The van der Waals surface area contributed by atoms with E-state index in [0.29, 0.717) is 25.3 Å². The number of thiophene rings is 1. The summed E-state index contributed by atoms with van der Waals surface area (Å²) in [5.41, 5.74) is 0.587. The molecule has 1 aromatic carbocycles. The highest BCUT2D eigenvalue weighted by atomic mass is 79.9. The Bertz CT molecular complexity index is 1140. The lowest BCUT2D eigenvalue weighted by atomic mass is 10.2. The zero-order valence-electron chi connectivity index (χ0n) is 14.8. The van der Waals surface area contributed by atoms with Crippen molar-refractivity contribution in [1.82, 2.24) is 25.0 Å². The van der Waals surface area contributed by atoms with Crippen molar-refractivity contribution in [2.75, 3.05) is 11.1 Å². The maximum Gasteiger partial charge on any atom is 0.236 e. The molecule has 4 aromatic rings. The maximum absolute atomic E-state index is 13.6. The van der Waals surface area contributed by atoms with Crippen molar-refractivity contribution in [2.45, 2.75) is 5.16 Å². The predicted molar refractivity (Wildman–Crippen MR) is 117 cm³/mol. The number of anilines is 1. The summed E-state index contributed by atoms with van der Waals surface area (Å²) >= 11 is 7.29. The van der Waals surface area contributed by atoms with Gasteiger partial charge in [0.05, 0.1) is 10.6 Å². The number of carbonyl (C=O) groups excluding carboxylic acids is 1. The molecule has 7 nitrogen and oxygen atoms in total. The van der Waals surface area contributed by atoms with Gasteiger partial charge in [-0.1, -0.05) is 45.1 Å². The number of benzene rings is 1. The molecule has 0 spiro atoms. The van der Waals surface area contributed by atoms with Crippen LogP contribution in [0.2, 0.25) is 0 Å². The van der Waals surface area contributed by atoms with E-state index in [0.717, 1.165) is 10.7 Å². The summed E-state index contributed by atoms with van der Waals surface area (Å²) in [7, 11) is 1.86. The van der Waals surface area contributed by atoms with Crippen LogP contribution < -0.4 is 5.32 Å². The van der Waals surface area contributed by atoms with Crippen molar-refractivity contribution in [2.24, 2.45) is 7.05 Å². The zero-order valence-corrected chi connectivity index (χ0v) is 18.8. The molecule has 4 rings (SSSR count). The van der Waals surface area contributed by atoms with Gasteiger partial charge in [0.1, 0.15) is 10.8 Å². The second kappa shape index (κ2) is 8.69. The number of thioether (sulfide) groups is 1. The number of hydrogen-bond acceptors (Lipinski definition) is 8. The van der Waals surface area contributed by atoms with Crippen LogP contribution in [0.4, 0.5) is 9.52 Å². The number of carbonyl (C=O) groups is 1. The summed E-state index contributed by atoms with van der Waals surface area (Å²) < 4.78 is 16.0. The molecule has 0 aliphatic heterocycles. The highest BCUT2D eigenvalue weighted by Gasteiger charge is 2.15. The van der Waals surface area contributed by atoms with Gasteiger partial charge in [-0.25, -0.2) is 4.39 Å². The van der Waals surface area contributed by atoms with Gasteiger partial charge in [0.2, 0.25) is 11.0 Å². The standard InChI is InChI=1S/C17H12BrFN6OS3/c1-25-14(12-3-2-4-27-12)21-24-17(25)28-8-13(26)20-16-23-22-15(29-16)9-5-10(18)7-11(19)6-9/h2-7H,8H2,1H3,(H,20,23,26). The Labute approximate surface area is 185 Å². The normalized spacial score (nSPS) is 11.0. The molecule has 0 fully saturated rings. The minimum atomic E-state index is -0.378. The van der Waals surface area contributed by atoms with Gasteiger partial charge in [-0.2, -0.15) is 0 Å². The Morgan fingerprint density at radius 2 is 2.14 bits per heavy atom. The van der Waals surface area contributed by atoms with E-state index in [1.165, 1.54) is 35.2 Å². The van der Waals surface area contributed by atoms with E-state index >= 15 is 0 Å². The molecule has 0 aliphatic rings. The second-order valence-electron chi connectivity index (χ2n) is 5.75. The molecule has 0 atom stereocenters. The van der Waals surface area contributed by atoms with Crippen LogP contribution in [0.1, 0.15) is 0 Å². The SMILES string of the molecule is Cn1c(SCC(=O)Nc2nnc(-c3cc(F)cc(Br)c3)s2)nnc1-c1cccs1. The first kappa shape index (κ1) is 20.1. The van der Waals surface area contributed by atoms with E-state index in [2.05, 4.69) is 41.6 Å². The Hall–Kier alpha value is -2.15. The molecule has 3 heterocycles. The highest BCUT2D eigenvalue weighted by Crippen LogP contribution is 2.30. The molecule has 0 aliphatic carbocycles. The smallest absolute Gasteiger partial charge is 0.236 e. The van der Waals surface area contributed by atoms with Crippen molar-refractivity contribution in [3.05, 3.63) is 46.0 Å². The van der Waals surface area contributed by atoms with Gasteiger partial charge in [-0.05, 0) is 29.6 Å². The van der Waals surface area contributed by atoms with Gasteiger partial charge in [0.15, 0.2) is 11.0 Å². The van der Waals surface area contributed by atoms with Crippen LogP contribution in [-0.4, -0.2) is 36.6 Å². The van der Waals surface area contributed by atoms with E-state index in [1.54, 1.807) is 17.4 Å². The summed E-state index contributed by atoms with van der Waals surface area (Å²) in [5, 5.41) is 22.5. The minimum Gasteiger partial charge on any atom is -0.304 e. The topological polar surface area (TPSA) is 85.6 Å². The monoisotopic (exact) mass is 510 g/mol. The summed E-state index contributed by atoms with van der Waals surface area (Å²) in [6.45, 7) is 0. The van der Waals surface area contributed by atoms with Gasteiger partial charge in [0, 0.05) is 17.1 Å². The molecular weight excluding hydrogens is 499 g/mol. The number of rotatable bonds is 6. The quantitative estimate of drug-likeness (QED) is 0.378. The van der Waals surface area contributed by atoms with Crippen LogP contribution in [-0.2, 0) is 11.8 Å². The lowest BCUT2D eigenvalue weighted by Crippen LogP contribution is -2.14. The maximum atomic E-state index is 13.6. The fraction of sp³-hybridized carbons (Fsp3) is 0.118. The number of nitrogens with zero attached hydrogens (tertiary/aromatic N) is 5. The first-order chi connectivity index (χ1) is 14.0. The first-order valence-corrected chi connectivity index (χ1v) is 11.6.